The van der Waals surface area contributed by atoms with Gasteiger partial charge in [0.05, 0.1) is 5.39 Å². The van der Waals surface area contributed by atoms with Gasteiger partial charge in [0.15, 0.2) is 0 Å². The maximum Gasteiger partial charge on any atom is 0.147 e. The summed E-state index contributed by atoms with van der Waals surface area (Å²) in [4.78, 5) is 2.36. The molecule has 11 rings (SSSR count). The van der Waals surface area contributed by atoms with Gasteiger partial charge < -0.3 is 19.1 Å². The summed E-state index contributed by atoms with van der Waals surface area (Å²) in [6, 6.07) is 61.8. The number of nitrogens with one attached hydrogen (secondary N) is 1. The second-order valence-electron chi connectivity index (χ2n) is 18.1. The van der Waals surface area contributed by atoms with Gasteiger partial charge in [-0.2, -0.15) is 0 Å². The summed E-state index contributed by atoms with van der Waals surface area (Å²) in [5.41, 5.74) is 14.9. The molecule has 4 nitrogen and oxygen atoms in total. The van der Waals surface area contributed by atoms with Crippen LogP contribution in [0.5, 0.6) is 0 Å². The molecule has 0 amide bonds. The number of anilines is 5. The number of benzene rings is 9. The molecule has 0 saturated carbocycles. The molecule has 0 radical (unpaired) electrons. The van der Waals surface area contributed by atoms with Crippen molar-refractivity contribution >= 4 is 93.9 Å². The molecule has 0 bridgehead atoms. The van der Waals surface area contributed by atoms with E-state index in [1.807, 2.05) is 0 Å². The smallest absolute Gasteiger partial charge is 0.147 e. The van der Waals surface area contributed by atoms with Crippen LogP contribution in [-0.2, 0) is 0 Å². The Hall–Kier alpha value is -7.30. The van der Waals surface area contributed by atoms with Crippen molar-refractivity contribution in [2.24, 2.45) is 0 Å². The van der Waals surface area contributed by atoms with Crippen molar-refractivity contribution in [2.45, 2.75) is 59.3 Å². The molecule has 63 heavy (non-hydrogen) atoms. The van der Waals surface area contributed by atoms with Crippen molar-refractivity contribution < 1.29 is 8.83 Å². The second kappa shape index (κ2) is 15.3. The molecule has 11 aromatic rings. The van der Waals surface area contributed by atoms with Gasteiger partial charge in [0.25, 0.3) is 0 Å². The molecule has 2 heterocycles. The van der Waals surface area contributed by atoms with E-state index < -0.39 is 0 Å². The number of hydrogen-bond acceptors (Lipinski definition) is 4. The standard InChI is InChI=1S/C59H50N2O2/c1-35(2)38-12-20-46(21-13-38)60-47-22-14-42-31-54-56(32-44(42)28-47)63-58-51(41-10-8-7-9-11-41)34-53-52-30-43-19-27-50(29-45(43)33-55(52)62-59(53)57(54)58)61(48-23-15-39(16-24-48)36(3)4)49-25-17-40(18-26-49)37(5)6/h7-37,60H,1-6H3. The van der Waals surface area contributed by atoms with Crippen LogP contribution in [-0.4, -0.2) is 0 Å². The molecule has 0 atom stereocenters. The molecule has 0 aliphatic heterocycles. The summed E-state index contributed by atoms with van der Waals surface area (Å²) in [6.07, 6.45) is 0. The van der Waals surface area contributed by atoms with Gasteiger partial charge in [-0.15, -0.1) is 0 Å². The Bertz CT molecular complexity index is 3430. The molecule has 308 valence electrons. The monoisotopic (exact) mass is 818 g/mol. The first kappa shape index (κ1) is 38.6. The van der Waals surface area contributed by atoms with Crippen LogP contribution < -0.4 is 10.2 Å². The number of furan rings is 2. The minimum absolute atomic E-state index is 0.462. The van der Waals surface area contributed by atoms with Crippen molar-refractivity contribution in [2.75, 3.05) is 10.2 Å². The van der Waals surface area contributed by atoms with Crippen LogP contribution in [0.3, 0.4) is 0 Å². The third-order valence-corrected chi connectivity index (χ3v) is 12.9. The number of hydrogen-bond donors (Lipinski definition) is 1. The molecule has 4 heteroatoms. The fourth-order valence-electron chi connectivity index (χ4n) is 9.27. The van der Waals surface area contributed by atoms with Crippen LogP contribution in [0.1, 0.15) is 76.0 Å². The van der Waals surface area contributed by atoms with Gasteiger partial charge in [0, 0.05) is 50.2 Å². The van der Waals surface area contributed by atoms with Gasteiger partial charge in [-0.25, -0.2) is 0 Å². The highest BCUT2D eigenvalue weighted by Gasteiger charge is 2.22. The lowest BCUT2D eigenvalue weighted by Crippen LogP contribution is -2.10. The largest absolute Gasteiger partial charge is 0.455 e. The lowest BCUT2D eigenvalue weighted by Gasteiger charge is -2.26. The Morgan fingerprint density at radius 2 is 0.905 bits per heavy atom. The van der Waals surface area contributed by atoms with Gasteiger partial charge in [-0.05, 0) is 153 Å². The third-order valence-electron chi connectivity index (χ3n) is 12.9. The zero-order chi connectivity index (χ0) is 42.9. The highest BCUT2D eigenvalue weighted by atomic mass is 16.3. The maximum absolute atomic E-state index is 7.01. The Kier molecular flexibility index (Phi) is 9.35. The van der Waals surface area contributed by atoms with Crippen LogP contribution in [0.2, 0.25) is 0 Å². The van der Waals surface area contributed by atoms with E-state index in [4.69, 9.17) is 8.83 Å². The van der Waals surface area contributed by atoms with Crippen molar-refractivity contribution in [3.8, 4) is 11.1 Å². The van der Waals surface area contributed by atoms with Crippen LogP contribution in [0.25, 0.3) is 76.5 Å². The third kappa shape index (κ3) is 6.87. The fourth-order valence-corrected chi connectivity index (χ4v) is 9.27. The Morgan fingerprint density at radius 1 is 0.397 bits per heavy atom. The van der Waals surface area contributed by atoms with E-state index in [9.17, 15) is 0 Å². The maximum atomic E-state index is 7.01. The predicted octanol–water partition coefficient (Wildman–Crippen LogP) is 18.0. The van der Waals surface area contributed by atoms with Gasteiger partial charge in [-0.3, -0.25) is 0 Å². The number of fused-ring (bicyclic) bond motifs is 9. The van der Waals surface area contributed by atoms with E-state index in [0.29, 0.717) is 17.8 Å². The normalized spacial score (nSPS) is 12.1. The van der Waals surface area contributed by atoms with Gasteiger partial charge >= 0.3 is 0 Å². The first-order chi connectivity index (χ1) is 30.6. The zero-order valence-corrected chi connectivity index (χ0v) is 36.7. The molecule has 2 aromatic heterocycles. The van der Waals surface area contributed by atoms with Crippen LogP contribution in [0.4, 0.5) is 28.4 Å². The van der Waals surface area contributed by atoms with E-state index >= 15 is 0 Å². The molecule has 1 N–H and O–H groups in total. The quantitative estimate of drug-likeness (QED) is 0.158. The van der Waals surface area contributed by atoms with Crippen molar-refractivity contribution in [3.63, 3.8) is 0 Å². The zero-order valence-electron chi connectivity index (χ0n) is 36.7. The molecule has 0 spiro atoms. The van der Waals surface area contributed by atoms with Crippen molar-refractivity contribution in [1.29, 1.82) is 0 Å². The lowest BCUT2D eigenvalue weighted by molar-refractivity contribution is 0.664. The van der Waals surface area contributed by atoms with Gasteiger partial charge in [0.1, 0.15) is 22.3 Å². The van der Waals surface area contributed by atoms with E-state index in [1.165, 1.54) is 16.7 Å². The molecular formula is C59H50N2O2. The van der Waals surface area contributed by atoms with E-state index in [2.05, 4.69) is 222 Å². The highest BCUT2D eigenvalue weighted by molar-refractivity contribution is 6.27. The summed E-state index contributed by atoms with van der Waals surface area (Å²) in [5, 5.41) is 12.3. The predicted molar refractivity (Wildman–Crippen MR) is 268 cm³/mol. The number of nitrogens with zero attached hydrogens (tertiary/aromatic N) is 1. The molecule has 0 fully saturated rings. The fraction of sp³-hybridized carbons (Fsp3) is 0.153. The summed E-state index contributed by atoms with van der Waals surface area (Å²) >= 11 is 0. The first-order valence-electron chi connectivity index (χ1n) is 22.3. The van der Waals surface area contributed by atoms with Crippen LogP contribution in [0, 0.1) is 0 Å². The molecule has 9 aromatic carbocycles. The minimum Gasteiger partial charge on any atom is -0.455 e. The van der Waals surface area contributed by atoms with E-state index in [0.717, 1.165) is 105 Å². The summed E-state index contributed by atoms with van der Waals surface area (Å²) in [5.74, 6) is 1.42. The average molecular weight is 819 g/mol. The highest BCUT2D eigenvalue weighted by Crippen LogP contribution is 2.46. The van der Waals surface area contributed by atoms with Gasteiger partial charge in [-0.1, -0.05) is 120 Å². The van der Waals surface area contributed by atoms with Crippen LogP contribution >= 0.6 is 0 Å². The molecule has 0 aliphatic carbocycles. The SMILES string of the molecule is CC(C)c1ccc(Nc2ccc3cc4c(cc3c2)oc2c(-c3ccccc3)cc3c5cc6ccc(N(c7ccc(C(C)C)cc7)c7ccc(C(C)C)cc7)cc6cc5oc3c24)cc1. The van der Waals surface area contributed by atoms with Crippen LogP contribution in [0.15, 0.2) is 179 Å². The second-order valence-corrected chi connectivity index (χ2v) is 18.1. The first-order valence-corrected chi connectivity index (χ1v) is 22.3. The minimum atomic E-state index is 0.462. The molecule has 0 unspecified atom stereocenters. The van der Waals surface area contributed by atoms with Gasteiger partial charge in [0.2, 0.25) is 0 Å². The van der Waals surface area contributed by atoms with Crippen molar-refractivity contribution in [3.05, 3.63) is 187 Å². The van der Waals surface area contributed by atoms with E-state index in [1.54, 1.807) is 0 Å². The number of rotatable bonds is 9. The van der Waals surface area contributed by atoms with Crippen molar-refractivity contribution in [1.82, 2.24) is 0 Å². The lowest BCUT2D eigenvalue weighted by atomic mass is 9.97. The molecule has 0 saturated heterocycles. The summed E-state index contributed by atoms with van der Waals surface area (Å²) in [7, 11) is 0. The Balaban J connectivity index is 1.06. The topological polar surface area (TPSA) is 41.6 Å². The molecule has 0 aliphatic rings. The Morgan fingerprint density at radius 3 is 1.52 bits per heavy atom. The Labute approximate surface area is 368 Å². The summed E-state index contributed by atoms with van der Waals surface area (Å²) < 4.78 is 13.9. The summed E-state index contributed by atoms with van der Waals surface area (Å²) in [6.45, 7) is 13.4. The molecular weight excluding hydrogens is 769 g/mol. The average Bonchev–Trinajstić information content (AvgIpc) is 3.85. The van der Waals surface area contributed by atoms with E-state index in [-0.39, 0.29) is 0 Å².